The predicted molar refractivity (Wildman–Crippen MR) is 64.5 cm³/mol. The van der Waals surface area contributed by atoms with E-state index in [4.69, 9.17) is 4.74 Å². The molecule has 0 bridgehead atoms. The van der Waals surface area contributed by atoms with Gasteiger partial charge >= 0.3 is 0 Å². The van der Waals surface area contributed by atoms with Crippen molar-refractivity contribution < 1.29 is 9.84 Å². The molecule has 1 aromatic carbocycles. The van der Waals surface area contributed by atoms with E-state index in [0.717, 1.165) is 18.6 Å². The first-order valence-corrected chi connectivity index (χ1v) is 6.13. The van der Waals surface area contributed by atoms with Crippen LogP contribution in [0.1, 0.15) is 32.1 Å². The third kappa shape index (κ3) is 2.76. The third-order valence-electron chi connectivity index (χ3n) is 3.54. The van der Waals surface area contributed by atoms with Crippen molar-refractivity contribution >= 4 is 0 Å². The van der Waals surface area contributed by atoms with Crippen LogP contribution in [0, 0.1) is 5.41 Å². The lowest BCUT2D eigenvalue weighted by Gasteiger charge is -2.35. The van der Waals surface area contributed by atoms with Gasteiger partial charge in [-0.2, -0.15) is 0 Å². The number of aliphatic hydroxyl groups excluding tert-OH is 1. The van der Waals surface area contributed by atoms with Crippen LogP contribution >= 0.6 is 0 Å². The maximum absolute atomic E-state index is 9.54. The molecule has 0 spiro atoms. The highest BCUT2D eigenvalue weighted by atomic mass is 16.5. The Balaban J connectivity index is 1.92. The quantitative estimate of drug-likeness (QED) is 0.845. The van der Waals surface area contributed by atoms with E-state index in [1.54, 1.807) is 0 Å². The van der Waals surface area contributed by atoms with Crippen molar-refractivity contribution in [1.82, 2.24) is 0 Å². The summed E-state index contributed by atoms with van der Waals surface area (Å²) in [7, 11) is 0. The van der Waals surface area contributed by atoms with Crippen LogP contribution in [-0.4, -0.2) is 18.3 Å². The Bertz CT molecular complexity index is 302. The molecule has 16 heavy (non-hydrogen) atoms. The van der Waals surface area contributed by atoms with Crippen molar-refractivity contribution in [2.45, 2.75) is 32.1 Å². The smallest absolute Gasteiger partial charge is 0.119 e. The predicted octanol–water partition coefficient (Wildman–Crippen LogP) is 3.01. The van der Waals surface area contributed by atoms with Crippen molar-refractivity contribution in [2.75, 3.05) is 13.2 Å². The summed E-state index contributed by atoms with van der Waals surface area (Å²) in [5.74, 6) is 0.904. The van der Waals surface area contributed by atoms with Crippen LogP contribution in [0.3, 0.4) is 0 Å². The number of hydrogen-bond acceptors (Lipinski definition) is 2. The van der Waals surface area contributed by atoms with E-state index in [2.05, 4.69) is 0 Å². The molecule has 1 aliphatic rings. The molecule has 0 aromatic heterocycles. The summed E-state index contributed by atoms with van der Waals surface area (Å²) in [4.78, 5) is 0. The average molecular weight is 220 g/mol. The summed E-state index contributed by atoms with van der Waals surface area (Å²) in [5, 5.41) is 9.54. The maximum atomic E-state index is 9.54. The highest BCUT2D eigenvalue weighted by Gasteiger charge is 2.32. The monoisotopic (exact) mass is 220 g/mol. The molecule has 2 rings (SSSR count). The van der Waals surface area contributed by atoms with Crippen molar-refractivity contribution in [3.8, 4) is 5.75 Å². The molecule has 2 nitrogen and oxygen atoms in total. The molecule has 1 aliphatic carbocycles. The summed E-state index contributed by atoms with van der Waals surface area (Å²) in [6.45, 7) is 0.896. The highest BCUT2D eigenvalue weighted by molar-refractivity contribution is 5.21. The van der Waals surface area contributed by atoms with Crippen molar-refractivity contribution in [3.05, 3.63) is 30.3 Å². The Morgan fingerprint density at radius 2 is 1.75 bits per heavy atom. The zero-order chi connectivity index (χ0) is 11.3. The fraction of sp³-hybridized carbons (Fsp3) is 0.571. The fourth-order valence-corrected chi connectivity index (χ4v) is 2.40. The first kappa shape index (κ1) is 11.5. The Kier molecular flexibility index (Phi) is 3.83. The number of aliphatic hydroxyl groups is 1. The van der Waals surface area contributed by atoms with Gasteiger partial charge in [-0.05, 0) is 25.0 Å². The molecule has 2 heteroatoms. The van der Waals surface area contributed by atoms with Crippen molar-refractivity contribution in [1.29, 1.82) is 0 Å². The molecule has 1 fully saturated rings. The first-order chi connectivity index (χ1) is 7.85. The molecule has 0 atom stereocenters. The molecule has 0 radical (unpaired) electrons. The summed E-state index contributed by atoms with van der Waals surface area (Å²) < 4.78 is 5.78. The minimum absolute atomic E-state index is 0.00803. The first-order valence-electron chi connectivity index (χ1n) is 6.13. The lowest BCUT2D eigenvalue weighted by molar-refractivity contribution is 0.0332. The van der Waals surface area contributed by atoms with E-state index in [0.29, 0.717) is 6.61 Å². The Hall–Kier alpha value is -1.02. The normalized spacial score (nSPS) is 19.3. The van der Waals surface area contributed by atoms with E-state index in [9.17, 15) is 5.11 Å². The molecule has 0 unspecified atom stereocenters. The molecule has 0 heterocycles. The fourth-order valence-electron chi connectivity index (χ4n) is 2.40. The van der Waals surface area contributed by atoms with Gasteiger partial charge in [0.2, 0.25) is 0 Å². The van der Waals surface area contributed by atoms with E-state index in [1.807, 2.05) is 30.3 Å². The largest absolute Gasteiger partial charge is 0.493 e. The van der Waals surface area contributed by atoms with Gasteiger partial charge in [0.25, 0.3) is 0 Å². The Labute approximate surface area is 97.3 Å². The molecule has 88 valence electrons. The van der Waals surface area contributed by atoms with Crippen molar-refractivity contribution in [2.24, 2.45) is 5.41 Å². The summed E-state index contributed by atoms with van der Waals surface area (Å²) in [6.07, 6.45) is 5.93. The molecule has 1 aromatic rings. The molecule has 1 N–H and O–H groups in total. The third-order valence-corrected chi connectivity index (χ3v) is 3.54. The Morgan fingerprint density at radius 1 is 1.06 bits per heavy atom. The summed E-state index contributed by atoms with van der Waals surface area (Å²) in [6, 6.07) is 9.86. The number of hydrogen-bond donors (Lipinski definition) is 1. The number of rotatable bonds is 4. The molecule has 1 saturated carbocycles. The van der Waals surface area contributed by atoms with Gasteiger partial charge in [0.15, 0.2) is 0 Å². The van der Waals surface area contributed by atoms with E-state index in [1.165, 1.54) is 19.3 Å². The molecular formula is C14H20O2. The summed E-state index contributed by atoms with van der Waals surface area (Å²) >= 11 is 0. The van der Waals surface area contributed by atoms with Crippen LogP contribution in [0.15, 0.2) is 30.3 Å². The van der Waals surface area contributed by atoms with Crippen LogP contribution in [0.5, 0.6) is 5.75 Å². The van der Waals surface area contributed by atoms with Gasteiger partial charge in [-0.15, -0.1) is 0 Å². The second-order valence-electron chi connectivity index (χ2n) is 4.82. The highest BCUT2D eigenvalue weighted by Crippen LogP contribution is 2.36. The lowest BCUT2D eigenvalue weighted by Crippen LogP contribution is -2.34. The van der Waals surface area contributed by atoms with Gasteiger partial charge in [0, 0.05) is 5.41 Å². The van der Waals surface area contributed by atoms with Gasteiger partial charge in [0.05, 0.1) is 13.2 Å². The Morgan fingerprint density at radius 3 is 2.38 bits per heavy atom. The van der Waals surface area contributed by atoms with Gasteiger partial charge in [-0.1, -0.05) is 37.5 Å². The second-order valence-corrected chi connectivity index (χ2v) is 4.82. The van der Waals surface area contributed by atoms with Gasteiger partial charge in [-0.3, -0.25) is 0 Å². The van der Waals surface area contributed by atoms with E-state index >= 15 is 0 Å². The number of ether oxygens (including phenoxy) is 1. The molecular weight excluding hydrogens is 200 g/mol. The topological polar surface area (TPSA) is 29.5 Å². The zero-order valence-corrected chi connectivity index (χ0v) is 9.69. The molecule has 0 aliphatic heterocycles. The lowest BCUT2D eigenvalue weighted by atomic mass is 9.75. The minimum Gasteiger partial charge on any atom is -0.493 e. The van der Waals surface area contributed by atoms with Crippen molar-refractivity contribution in [3.63, 3.8) is 0 Å². The van der Waals surface area contributed by atoms with Gasteiger partial charge in [-0.25, -0.2) is 0 Å². The summed E-state index contributed by atoms with van der Waals surface area (Å²) in [5.41, 5.74) is 0.00803. The van der Waals surface area contributed by atoms with Crippen LogP contribution in [-0.2, 0) is 0 Å². The van der Waals surface area contributed by atoms with E-state index < -0.39 is 0 Å². The van der Waals surface area contributed by atoms with Gasteiger partial charge in [0.1, 0.15) is 5.75 Å². The maximum Gasteiger partial charge on any atom is 0.119 e. The van der Waals surface area contributed by atoms with E-state index in [-0.39, 0.29) is 12.0 Å². The van der Waals surface area contributed by atoms with Crippen LogP contribution < -0.4 is 4.74 Å². The van der Waals surface area contributed by atoms with Crippen LogP contribution in [0.4, 0.5) is 0 Å². The molecule has 0 saturated heterocycles. The number of benzene rings is 1. The zero-order valence-electron chi connectivity index (χ0n) is 9.69. The minimum atomic E-state index is 0.00803. The number of para-hydroxylation sites is 1. The molecule has 0 amide bonds. The standard InChI is InChI=1S/C14H20O2/c15-11-14(9-5-2-6-10-14)12-16-13-7-3-1-4-8-13/h1,3-4,7-8,15H,2,5-6,9-12H2. The van der Waals surface area contributed by atoms with Crippen LogP contribution in [0.2, 0.25) is 0 Å². The van der Waals surface area contributed by atoms with Crippen LogP contribution in [0.25, 0.3) is 0 Å². The average Bonchev–Trinajstić information content (AvgIpc) is 2.39. The SMILES string of the molecule is OCC1(COc2ccccc2)CCCCC1. The second kappa shape index (κ2) is 5.35. The van der Waals surface area contributed by atoms with Gasteiger partial charge < -0.3 is 9.84 Å².